The maximum atomic E-state index is 13.4. The van der Waals surface area contributed by atoms with Gasteiger partial charge in [-0.2, -0.15) is 0 Å². The Morgan fingerprint density at radius 3 is 2.46 bits per heavy atom. The molecule has 0 aliphatic carbocycles. The van der Waals surface area contributed by atoms with Crippen molar-refractivity contribution >= 4 is 11.9 Å². The van der Waals surface area contributed by atoms with Gasteiger partial charge in [0.1, 0.15) is 5.82 Å². The highest BCUT2D eigenvalue weighted by molar-refractivity contribution is 5.80. The Balaban J connectivity index is 2.44. The molecule has 0 atom stereocenters. The number of benzene rings is 1. The molecule has 0 heterocycles. The summed E-state index contributed by atoms with van der Waals surface area (Å²) >= 11 is 0. The summed E-state index contributed by atoms with van der Waals surface area (Å²) in [6.07, 6.45) is 0. The van der Waals surface area contributed by atoms with E-state index in [1.165, 1.54) is 6.07 Å². The number of hydrogen-bond donors (Lipinski definition) is 3. The molecule has 3 N–H and O–H groups in total. The minimum Gasteiger partial charge on any atom is -0.356 e. The minimum absolute atomic E-state index is 0.0190. The summed E-state index contributed by atoms with van der Waals surface area (Å²) < 4.78 is 13.4. The Hall–Kier alpha value is -2.11. The van der Waals surface area contributed by atoms with Gasteiger partial charge >= 0.3 is 0 Å². The van der Waals surface area contributed by atoms with Crippen LogP contribution in [0, 0.1) is 11.7 Å². The van der Waals surface area contributed by atoms with Crippen molar-refractivity contribution in [3.05, 3.63) is 35.6 Å². The van der Waals surface area contributed by atoms with Crippen LogP contribution in [0.2, 0.25) is 0 Å². The van der Waals surface area contributed by atoms with Crippen LogP contribution in [0.1, 0.15) is 33.3 Å². The Kier molecular flexibility index (Phi) is 7.68. The van der Waals surface area contributed by atoms with E-state index in [2.05, 4.69) is 20.9 Å². The smallest absolute Gasteiger partial charge is 0.222 e. The first-order valence-corrected chi connectivity index (χ1v) is 8.24. The lowest BCUT2D eigenvalue weighted by Crippen LogP contribution is -2.45. The summed E-state index contributed by atoms with van der Waals surface area (Å²) in [6.45, 7) is 9.53. The lowest BCUT2D eigenvalue weighted by Gasteiger charge is -2.27. The molecule has 0 aliphatic rings. The topological polar surface area (TPSA) is 65.5 Å². The molecule has 0 aromatic heterocycles. The van der Waals surface area contributed by atoms with Crippen LogP contribution in [0.25, 0.3) is 0 Å². The second kappa shape index (κ2) is 9.25. The first kappa shape index (κ1) is 19.9. The molecule has 1 rings (SSSR count). The van der Waals surface area contributed by atoms with Gasteiger partial charge in [0.25, 0.3) is 0 Å². The fraction of sp³-hybridized carbons (Fsp3) is 0.556. The van der Waals surface area contributed by atoms with E-state index < -0.39 is 0 Å². The zero-order valence-electron chi connectivity index (χ0n) is 15.2. The number of halogens is 1. The Morgan fingerprint density at radius 2 is 1.88 bits per heavy atom. The molecule has 0 radical (unpaired) electrons. The molecule has 0 saturated carbocycles. The first-order chi connectivity index (χ1) is 11.3. The number of hydrogen-bond acceptors (Lipinski definition) is 2. The maximum Gasteiger partial charge on any atom is 0.222 e. The van der Waals surface area contributed by atoms with Crippen molar-refractivity contribution in [1.29, 1.82) is 0 Å². The van der Waals surface area contributed by atoms with Gasteiger partial charge in [0.2, 0.25) is 5.91 Å². The van der Waals surface area contributed by atoms with E-state index in [0.29, 0.717) is 25.6 Å². The number of nitrogens with zero attached hydrogens (tertiary/aromatic N) is 1. The third-order valence-electron chi connectivity index (χ3n) is 3.77. The zero-order chi connectivity index (χ0) is 18.2. The number of nitrogens with one attached hydrogen (secondary N) is 3. The predicted molar refractivity (Wildman–Crippen MR) is 96.6 cm³/mol. The van der Waals surface area contributed by atoms with Crippen LogP contribution in [0.3, 0.4) is 0 Å². The fourth-order valence-electron chi connectivity index (χ4n) is 2.11. The van der Waals surface area contributed by atoms with Gasteiger partial charge in [-0.15, -0.1) is 0 Å². The van der Waals surface area contributed by atoms with Crippen LogP contribution in [0.4, 0.5) is 4.39 Å². The first-order valence-electron chi connectivity index (χ1n) is 8.24. The molecule has 0 spiro atoms. The van der Waals surface area contributed by atoms with Gasteiger partial charge in [0.05, 0.1) is 0 Å². The highest BCUT2D eigenvalue weighted by atomic mass is 19.1. The lowest BCUT2D eigenvalue weighted by molar-refractivity contribution is -0.123. The molecule has 1 aromatic carbocycles. The van der Waals surface area contributed by atoms with Crippen LogP contribution in [0.5, 0.6) is 0 Å². The van der Waals surface area contributed by atoms with Gasteiger partial charge in [0, 0.05) is 38.0 Å². The number of carbonyl (C=O) groups excluding carboxylic acids is 1. The Morgan fingerprint density at radius 1 is 1.21 bits per heavy atom. The normalized spacial score (nSPS) is 12.2. The molecule has 1 aromatic rings. The Bertz CT molecular complexity index is 570. The van der Waals surface area contributed by atoms with Crippen molar-refractivity contribution in [2.75, 3.05) is 26.7 Å². The lowest BCUT2D eigenvalue weighted by atomic mass is 9.84. The van der Waals surface area contributed by atoms with E-state index in [1.54, 1.807) is 19.2 Å². The fourth-order valence-corrected chi connectivity index (χ4v) is 2.11. The molecule has 0 fully saturated rings. The summed E-state index contributed by atoms with van der Waals surface area (Å²) in [5.41, 5.74) is 0.681. The van der Waals surface area contributed by atoms with E-state index in [1.807, 2.05) is 33.8 Å². The maximum absolute atomic E-state index is 13.4. The highest BCUT2D eigenvalue weighted by Crippen LogP contribution is 2.22. The summed E-state index contributed by atoms with van der Waals surface area (Å²) in [4.78, 5) is 15.6. The molecular formula is C18H29FN4O. The standard InChI is InChI=1S/C18H29FN4O/c1-13(2)16(24)21-9-10-22-17(20-5)23-12-18(3,4)14-7-6-8-15(19)11-14/h6-8,11,13H,9-10,12H2,1-5H3,(H,21,24)(H2,20,22,23). The van der Waals surface area contributed by atoms with E-state index in [4.69, 9.17) is 0 Å². The van der Waals surface area contributed by atoms with Crippen molar-refractivity contribution < 1.29 is 9.18 Å². The second-order valence-corrected chi connectivity index (χ2v) is 6.69. The monoisotopic (exact) mass is 336 g/mol. The third kappa shape index (κ3) is 6.56. The van der Waals surface area contributed by atoms with Crippen LogP contribution in [-0.2, 0) is 10.2 Å². The molecule has 134 valence electrons. The molecule has 24 heavy (non-hydrogen) atoms. The summed E-state index contributed by atoms with van der Waals surface area (Å²) in [7, 11) is 1.69. The van der Waals surface area contributed by atoms with E-state index in [-0.39, 0.29) is 23.1 Å². The van der Waals surface area contributed by atoms with Gasteiger partial charge in [0.15, 0.2) is 5.96 Å². The van der Waals surface area contributed by atoms with Crippen molar-refractivity contribution in [3.63, 3.8) is 0 Å². The minimum atomic E-state index is -0.244. The van der Waals surface area contributed by atoms with Crippen molar-refractivity contribution in [1.82, 2.24) is 16.0 Å². The van der Waals surface area contributed by atoms with E-state index in [9.17, 15) is 9.18 Å². The number of guanidine groups is 1. The van der Waals surface area contributed by atoms with Gasteiger partial charge in [-0.1, -0.05) is 39.8 Å². The number of aliphatic imine (C=N–C) groups is 1. The summed E-state index contributed by atoms with van der Waals surface area (Å²) in [5, 5.41) is 9.23. The molecule has 5 nitrogen and oxygen atoms in total. The molecule has 0 bridgehead atoms. The molecule has 0 saturated heterocycles. The molecule has 0 aliphatic heterocycles. The van der Waals surface area contributed by atoms with Gasteiger partial charge in [-0.3, -0.25) is 9.79 Å². The van der Waals surface area contributed by atoms with Crippen molar-refractivity contribution in [3.8, 4) is 0 Å². The Labute approximate surface area is 144 Å². The molecule has 6 heteroatoms. The van der Waals surface area contributed by atoms with E-state index >= 15 is 0 Å². The average molecular weight is 336 g/mol. The molecular weight excluding hydrogens is 307 g/mol. The largest absolute Gasteiger partial charge is 0.356 e. The molecule has 1 amide bonds. The van der Waals surface area contributed by atoms with Crippen LogP contribution in [-0.4, -0.2) is 38.5 Å². The van der Waals surface area contributed by atoms with Crippen LogP contribution in [0.15, 0.2) is 29.3 Å². The zero-order valence-corrected chi connectivity index (χ0v) is 15.2. The van der Waals surface area contributed by atoms with Crippen molar-refractivity contribution in [2.45, 2.75) is 33.1 Å². The van der Waals surface area contributed by atoms with Crippen LogP contribution >= 0.6 is 0 Å². The van der Waals surface area contributed by atoms with Crippen molar-refractivity contribution in [2.24, 2.45) is 10.9 Å². The SMILES string of the molecule is CN=C(NCCNC(=O)C(C)C)NCC(C)(C)c1cccc(F)c1. The van der Waals surface area contributed by atoms with Gasteiger partial charge < -0.3 is 16.0 Å². The predicted octanol–water partition coefficient (Wildman–Crippen LogP) is 2.04. The highest BCUT2D eigenvalue weighted by Gasteiger charge is 2.21. The van der Waals surface area contributed by atoms with Gasteiger partial charge in [-0.05, 0) is 17.7 Å². The van der Waals surface area contributed by atoms with Crippen LogP contribution < -0.4 is 16.0 Å². The average Bonchev–Trinajstić information content (AvgIpc) is 2.53. The third-order valence-corrected chi connectivity index (χ3v) is 3.77. The number of amides is 1. The second-order valence-electron chi connectivity index (χ2n) is 6.69. The van der Waals surface area contributed by atoms with E-state index in [0.717, 1.165) is 5.56 Å². The number of carbonyl (C=O) groups is 1. The van der Waals surface area contributed by atoms with Gasteiger partial charge in [-0.25, -0.2) is 4.39 Å². The quantitative estimate of drug-likeness (QED) is 0.406. The summed E-state index contributed by atoms with van der Waals surface area (Å²) in [5.74, 6) is 0.434. The summed E-state index contributed by atoms with van der Waals surface area (Å²) in [6, 6.07) is 6.64. The molecule has 0 unspecified atom stereocenters. The number of rotatable bonds is 7.